The Balaban J connectivity index is 1.24. The molecule has 2 aromatic rings. The van der Waals surface area contributed by atoms with Gasteiger partial charge in [0.2, 0.25) is 17.7 Å². The van der Waals surface area contributed by atoms with Crippen molar-refractivity contribution in [2.24, 2.45) is 17.8 Å². The summed E-state index contributed by atoms with van der Waals surface area (Å²) in [7, 11) is 0. The summed E-state index contributed by atoms with van der Waals surface area (Å²) in [5.74, 6) is -1.67. The number of nitrogens with zero attached hydrogens (tertiary/aromatic N) is 2. The molecular formula is C25H23ClN2O5. The van der Waals surface area contributed by atoms with E-state index in [1.165, 1.54) is 9.80 Å². The Kier molecular flexibility index (Phi) is 5.66. The zero-order valence-corrected chi connectivity index (χ0v) is 18.7. The number of rotatable bonds is 4. The van der Waals surface area contributed by atoms with Gasteiger partial charge < -0.3 is 9.64 Å². The van der Waals surface area contributed by atoms with Crippen LogP contribution >= 0.6 is 11.6 Å². The minimum absolute atomic E-state index is 0.0585. The lowest BCUT2D eigenvalue weighted by molar-refractivity contribution is -0.139. The zero-order chi connectivity index (χ0) is 23.1. The van der Waals surface area contributed by atoms with E-state index >= 15 is 0 Å². The van der Waals surface area contributed by atoms with Crippen molar-refractivity contribution in [3.63, 3.8) is 0 Å². The first-order chi connectivity index (χ1) is 15.9. The minimum Gasteiger partial charge on any atom is -0.426 e. The van der Waals surface area contributed by atoms with Crippen LogP contribution in [0.15, 0.2) is 48.5 Å². The molecule has 3 amide bonds. The molecule has 7 nitrogen and oxygen atoms in total. The van der Waals surface area contributed by atoms with Crippen molar-refractivity contribution in [3.05, 3.63) is 53.6 Å². The van der Waals surface area contributed by atoms with Gasteiger partial charge in [-0.1, -0.05) is 30.5 Å². The summed E-state index contributed by atoms with van der Waals surface area (Å²) in [5, 5.41) is 0.514. The van der Waals surface area contributed by atoms with E-state index in [2.05, 4.69) is 0 Å². The topological polar surface area (TPSA) is 84.0 Å². The Labute approximate surface area is 196 Å². The van der Waals surface area contributed by atoms with Crippen molar-refractivity contribution in [2.75, 3.05) is 16.3 Å². The van der Waals surface area contributed by atoms with Gasteiger partial charge in [0.25, 0.3) is 0 Å². The highest BCUT2D eigenvalue weighted by Crippen LogP contribution is 2.40. The summed E-state index contributed by atoms with van der Waals surface area (Å²) in [4.78, 5) is 53.4. The second kappa shape index (κ2) is 8.63. The van der Waals surface area contributed by atoms with Crippen molar-refractivity contribution < 1.29 is 23.9 Å². The van der Waals surface area contributed by atoms with E-state index in [0.29, 0.717) is 22.1 Å². The smallest absolute Gasteiger partial charge is 0.316 e. The molecule has 0 unspecified atom stereocenters. The number of benzene rings is 2. The maximum atomic E-state index is 12.8. The average Bonchev–Trinajstić information content (AvgIpc) is 3.32. The van der Waals surface area contributed by atoms with Crippen LogP contribution in [0.5, 0.6) is 5.75 Å². The molecule has 5 rings (SSSR count). The molecule has 2 aliphatic heterocycles. The zero-order valence-electron chi connectivity index (χ0n) is 17.9. The van der Waals surface area contributed by atoms with Crippen LogP contribution in [0.4, 0.5) is 11.4 Å². The second-order valence-electron chi connectivity index (χ2n) is 8.81. The van der Waals surface area contributed by atoms with E-state index in [-0.39, 0.29) is 42.5 Å². The first kappa shape index (κ1) is 21.6. The number of fused-ring (bicyclic) bond motifs is 1. The number of carbonyl (C=O) groups excluding carboxylic acids is 4. The molecule has 1 aliphatic carbocycles. The van der Waals surface area contributed by atoms with Gasteiger partial charge in [-0.15, -0.1) is 0 Å². The third-order valence-electron chi connectivity index (χ3n) is 6.73. The van der Waals surface area contributed by atoms with Gasteiger partial charge in [0.15, 0.2) is 0 Å². The van der Waals surface area contributed by atoms with Gasteiger partial charge in [-0.05, 0) is 55.3 Å². The number of hydrogen-bond donors (Lipinski definition) is 0. The first-order valence-electron chi connectivity index (χ1n) is 11.2. The molecule has 3 aliphatic rings. The van der Waals surface area contributed by atoms with Crippen LogP contribution in [0.2, 0.25) is 5.02 Å². The molecule has 0 aromatic heterocycles. The number of imide groups is 1. The monoisotopic (exact) mass is 466 g/mol. The number of ether oxygens (including phenoxy) is 1. The van der Waals surface area contributed by atoms with Crippen LogP contribution < -0.4 is 14.5 Å². The lowest BCUT2D eigenvalue weighted by Gasteiger charge is -2.19. The molecule has 170 valence electrons. The molecular weight excluding hydrogens is 444 g/mol. The molecule has 0 spiro atoms. The summed E-state index contributed by atoms with van der Waals surface area (Å²) in [6, 6.07) is 13.3. The summed E-state index contributed by atoms with van der Waals surface area (Å²) in [6.45, 7) is 0.218. The number of hydrogen-bond acceptors (Lipinski definition) is 5. The van der Waals surface area contributed by atoms with Gasteiger partial charge in [-0.2, -0.15) is 0 Å². The standard InChI is InChI=1S/C25H23ClN2O5/c26-16-4-3-5-18(13-16)27-14-15(12-22(27)29)25(32)33-19-10-8-17(9-11-19)28-23(30)20-6-1-2-7-21(20)24(28)31/h3-5,8-11,13,15,20-21H,1-2,6-7,12,14H2/t15-,20-,21+/m1/s1. The Morgan fingerprint density at radius 1 is 0.909 bits per heavy atom. The Morgan fingerprint density at radius 2 is 1.58 bits per heavy atom. The SMILES string of the molecule is O=C(Oc1ccc(N2C(=O)[C@H]3CCCC[C@H]3C2=O)cc1)[C@@H]1CC(=O)N(c2cccc(Cl)c2)C1. The summed E-state index contributed by atoms with van der Waals surface area (Å²) in [6.07, 6.45) is 3.52. The van der Waals surface area contributed by atoms with Gasteiger partial charge in [0.05, 0.1) is 23.4 Å². The minimum atomic E-state index is -0.596. The van der Waals surface area contributed by atoms with E-state index in [4.69, 9.17) is 16.3 Å². The highest BCUT2D eigenvalue weighted by Gasteiger charge is 2.48. The normalized spacial score (nSPS) is 24.9. The highest BCUT2D eigenvalue weighted by molar-refractivity contribution is 6.31. The van der Waals surface area contributed by atoms with E-state index in [9.17, 15) is 19.2 Å². The van der Waals surface area contributed by atoms with E-state index < -0.39 is 11.9 Å². The van der Waals surface area contributed by atoms with Crippen molar-refractivity contribution in [1.29, 1.82) is 0 Å². The molecule has 0 radical (unpaired) electrons. The van der Waals surface area contributed by atoms with Crippen LogP contribution in [-0.2, 0) is 19.2 Å². The van der Waals surface area contributed by atoms with Crippen LogP contribution in [0.25, 0.3) is 0 Å². The summed E-state index contributed by atoms with van der Waals surface area (Å²) in [5.41, 5.74) is 1.13. The molecule has 3 fully saturated rings. The molecule has 8 heteroatoms. The number of anilines is 2. The number of carbonyl (C=O) groups is 4. The largest absolute Gasteiger partial charge is 0.426 e. The fourth-order valence-electron chi connectivity index (χ4n) is 5.04. The van der Waals surface area contributed by atoms with Gasteiger partial charge in [-0.25, -0.2) is 0 Å². The fraction of sp³-hybridized carbons (Fsp3) is 0.360. The second-order valence-corrected chi connectivity index (χ2v) is 9.25. The van der Waals surface area contributed by atoms with Gasteiger partial charge in [0, 0.05) is 23.7 Å². The highest BCUT2D eigenvalue weighted by atomic mass is 35.5. The molecule has 2 aromatic carbocycles. The summed E-state index contributed by atoms with van der Waals surface area (Å²) >= 11 is 6.02. The molecule has 33 heavy (non-hydrogen) atoms. The van der Waals surface area contributed by atoms with Gasteiger partial charge >= 0.3 is 5.97 Å². The predicted molar refractivity (Wildman–Crippen MR) is 122 cm³/mol. The van der Waals surface area contributed by atoms with E-state index in [1.54, 1.807) is 48.5 Å². The first-order valence-corrected chi connectivity index (χ1v) is 11.6. The third-order valence-corrected chi connectivity index (χ3v) is 6.97. The predicted octanol–water partition coefficient (Wildman–Crippen LogP) is 3.98. The van der Waals surface area contributed by atoms with Crippen LogP contribution in [0, 0.1) is 17.8 Å². The number of halogens is 1. The molecule has 0 bridgehead atoms. The Hall–Kier alpha value is -3.19. The lowest BCUT2D eigenvalue weighted by Crippen LogP contribution is -2.30. The number of esters is 1. The van der Waals surface area contributed by atoms with Gasteiger partial charge in [0.1, 0.15) is 5.75 Å². The van der Waals surface area contributed by atoms with Gasteiger partial charge in [-0.3, -0.25) is 24.1 Å². The van der Waals surface area contributed by atoms with E-state index in [0.717, 1.165) is 25.7 Å². The maximum Gasteiger partial charge on any atom is 0.316 e. The third kappa shape index (κ3) is 4.02. The number of amides is 3. The van der Waals surface area contributed by atoms with Crippen LogP contribution in [0.1, 0.15) is 32.1 Å². The fourth-order valence-corrected chi connectivity index (χ4v) is 5.22. The van der Waals surface area contributed by atoms with Crippen molar-refractivity contribution in [1.82, 2.24) is 0 Å². The van der Waals surface area contributed by atoms with Crippen molar-refractivity contribution in [2.45, 2.75) is 32.1 Å². The van der Waals surface area contributed by atoms with Crippen molar-refractivity contribution in [3.8, 4) is 5.75 Å². The van der Waals surface area contributed by atoms with Crippen LogP contribution in [-0.4, -0.2) is 30.2 Å². The molecule has 0 N–H and O–H groups in total. The molecule has 2 saturated heterocycles. The maximum absolute atomic E-state index is 12.8. The van der Waals surface area contributed by atoms with E-state index in [1.807, 2.05) is 0 Å². The van der Waals surface area contributed by atoms with Crippen molar-refractivity contribution >= 4 is 46.7 Å². The molecule has 2 heterocycles. The Bertz CT molecular complexity index is 1110. The lowest BCUT2D eigenvalue weighted by atomic mass is 9.81. The average molecular weight is 467 g/mol. The summed E-state index contributed by atoms with van der Waals surface area (Å²) < 4.78 is 5.49. The van der Waals surface area contributed by atoms with Crippen LogP contribution in [0.3, 0.4) is 0 Å². The molecule has 1 saturated carbocycles. The Morgan fingerprint density at radius 3 is 2.21 bits per heavy atom. The quantitative estimate of drug-likeness (QED) is 0.386. The molecule has 3 atom stereocenters.